The lowest BCUT2D eigenvalue weighted by molar-refractivity contribution is -0.123. The summed E-state index contributed by atoms with van der Waals surface area (Å²) >= 11 is 0. The third kappa shape index (κ3) is 3.23. The van der Waals surface area contributed by atoms with E-state index >= 15 is 0 Å². The molecule has 0 saturated carbocycles. The fourth-order valence-electron chi connectivity index (χ4n) is 2.33. The van der Waals surface area contributed by atoms with Crippen LogP contribution < -0.4 is 15.4 Å². The lowest BCUT2D eigenvalue weighted by Crippen LogP contribution is -2.16. The smallest absolute Gasteiger partial charge is 0.261 e. The molecule has 1 heterocycles. The number of fused-ring (bicyclic) bond motifs is 1. The molecule has 2 aromatic carbocycles. The monoisotopic (exact) mass is 345 g/mol. The van der Waals surface area contributed by atoms with Gasteiger partial charge in [0.1, 0.15) is 6.42 Å². The van der Waals surface area contributed by atoms with Crippen molar-refractivity contribution >= 4 is 38.9 Å². The van der Waals surface area contributed by atoms with E-state index in [0.29, 0.717) is 11.4 Å². The minimum absolute atomic E-state index is 0.0130. The van der Waals surface area contributed by atoms with E-state index in [2.05, 4.69) is 15.4 Å². The number of aryl methyl sites for hydroxylation is 1. The SMILES string of the molecule is Cc1ccccc1NS(=O)(=O)c1ccc2c(c1)NC(=O)CC(=O)N2. The van der Waals surface area contributed by atoms with Crippen molar-refractivity contribution < 1.29 is 18.0 Å². The first-order chi connectivity index (χ1) is 11.3. The molecule has 2 aromatic rings. The fraction of sp³-hybridized carbons (Fsp3) is 0.125. The number of amides is 2. The van der Waals surface area contributed by atoms with Crippen LogP contribution in [0.3, 0.4) is 0 Å². The fourth-order valence-corrected chi connectivity index (χ4v) is 3.49. The van der Waals surface area contributed by atoms with Crippen molar-refractivity contribution in [1.82, 2.24) is 0 Å². The van der Waals surface area contributed by atoms with Crippen LogP contribution in [0.2, 0.25) is 0 Å². The number of sulfonamides is 1. The molecule has 0 radical (unpaired) electrons. The van der Waals surface area contributed by atoms with Crippen molar-refractivity contribution in [2.45, 2.75) is 18.2 Å². The van der Waals surface area contributed by atoms with Gasteiger partial charge in [0.05, 0.1) is 22.0 Å². The number of carbonyl (C=O) groups is 2. The maximum absolute atomic E-state index is 12.6. The maximum Gasteiger partial charge on any atom is 0.261 e. The van der Waals surface area contributed by atoms with E-state index in [1.807, 2.05) is 6.07 Å². The summed E-state index contributed by atoms with van der Waals surface area (Å²) in [7, 11) is -3.83. The molecule has 0 unspecified atom stereocenters. The highest BCUT2D eigenvalue weighted by molar-refractivity contribution is 7.92. The molecule has 1 aliphatic heterocycles. The Balaban J connectivity index is 1.96. The molecule has 0 saturated heterocycles. The summed E-state index contributed by atoms with van der Waals surface area (Å²) in [5.74, 6) is -0.937. The van der Waals surface area contributed by atoms with Gasteiger partial charge in [0.25, 0.3) is 10.0 Å². The Kier molecular flexibility index (Phi) is 3.98. The first-order valence-corrected chi connectivity index (χ1v) is 8.66. The summed E-state index contributed by atoms with van der Waals surface area (Å²) in [6.07, 6.45) is -0.307. The molecule has 0 bridgehead atoms. The van der Waals surface area contributed by atoms with Crippen LogP contribution in [0.15, 0.2) is 47.4 Å². The van der Waals surface area contributed by atoms with E-state index < -0.39 is 21.8 Å². The zero-order valence-electron chi connectivity index (χ0n) is 12.8. The summed E-state index contributed by atoms with van der Waals surface area (Å²) in [6, 6.07) is 11.1. The number of hydrogen-bond donors (Lipinski definition) is 3. The standard InChI is InChI=1S/C16H15N3O4S/c1-10-4-2-3-5-12(10)19-24(22,23)11-6-7-13-14(8-11)18-16(21)9-15(20)17-13/h2-8,19H,9H2,1H3,(H,17,20)(H,18,21). The van der Waals surface area contributed by atoms with Gasteiger partial charge in [0.15, 0.2) is 0 Å². The first kappa shape index (κ1) is 16.0. The van der Waals surface area contributed by atoms with Crippen LogP contribution in [0.5, 0.6) is 0 Å². The van der Waals surface area contributed by atoms with Crippen LogP contribution in [0.4, 0.5) is 17.1 Å². The molecule has 124 valence electrons. The summed E-state index contributed by atoms with van der Waals surface area (Å²) in [6.45, 7) is 1.80. The number of nitrogens with one attached hydrogen (secondary N) is 3. The van der Waals surface area contributed by atoms with Crippen LogP contribution in [0.1, 0.15) is 12.0 Å². The summed E-state index contributed by atoms with van der Waals surface area (Å²) < 4.78 is 27.6. The third-order valence-corrected chi connectivity index (χ3v) is 4.92. The number of rotatable bonds is 3. The molecular weight excluding hydrogens is 330 g/mol. The molecule has 1 aliphatic rings. The molecule has 7 nitrogen and oxygen atoms in total. The van der Waals surface area contributed by atoms with E-state index in [4.69, 9.17) is 0 Å². The lowest BCUT2D eigenvalue weighted by atomic mass is 10.2. The molecule has 2 amide bonds. The van der Waals surface area contributed by atoms with Crippen LogP contribution in [0, 0.1) is 6.92 Å². The highest BCUT2D eigenvalue weighted by atomic mass is 32.2. The summed E-state index contributed by atoms with van der Waals surface area (Å²) in [4.78, 5) is 23.1. The molecule has 0 aromatic heterocycles. The lowest BCUT2D eigenvalue weighted by Gasteiger charge is -2.13. The molecule has 0 atom stereocenters. The van der Waals surface area contributed by atoms with Crippen molar-refractivity contribution in [3.05, 3.63) is 48.0 Å². The zero-order valence-corrected chi connectivity index (χ0v) is 13.6. The van der Waals surface area contributed by atoms with Gasteiger partial charge in [-0.1, -0.05) is 18.2 Å². The van der Waals surface area contributed by atoms with Gasteiger partial charge in [-0.3, -0.25) is 14.3 Å². The average molecular weight is 345 g/mol. The van der Waals surface area contributed by atoms with Crippen LogP contribution in [-0.2, 0) is 19.6 Å². The predicted octanol–water partition coefficient (Wildman–Crippen LogP) is 2.08. The molecule has 0 fully saturated rings. The number of anilines is 3. The Morgan fingerprint density at radius 1 is 0.958 bits per heavy atom. The summed E-state index contributed by atoms with van der Waals surface area (Å²) in [5, 5.41) is 5.08. The summed E-state index contributed by atoms with van der Waals surface area (Å²) in [5.41, 5.74) is 1.88. The van der Waals surface area contributed by atoms with E-state index in [-0.39, 0.29) is 17.0 Å². The van der Waals surface area contributed by atoms with Crippen LogP contribution in [-0.4, -0.2) is 20.2 Å². The van der Waals surface area contributed by atoms with Crippen molar-refractivity contribution in [2.24, 2.45) is 0 Å². The van der Waals surface area contributed by atoms with Gasteiger partial charge in [0.2, 0.25) is 11.8 Å². The van der Waals surface area contributed by atoms with E-state index in [1.54, 1.807) is 25.1 Å². The van der Waals surface area contributed by atoms with Crippen molar-refractivity contribution in [3.63, 3.8) is 0 Å². The molecule has 3 rings (SSSR count). The van der Waals surface area contributed by atoms with Crippen molar-refractivity contribution in [1.29, 1.82) is 0 Å². The molecule has 3 N–H and O–H groups in total. The molecule has 8 heteroatoms. The minimum atomic E-state index is -3.83. The first-order valence-electron chi connectivity index (χ1n) is 7.17. The van der Waals surface area contributed by atoms with Gasteiger partial charge < -0.3 is 10.6 Å². The number of carbonyl (C=O) groups excluding carboxylic acids is 2. The van der Waals surface area contributed by atoms with Crippen LogP contribution in [0.25, 0.3) is 0 Å². The number of hydrogen-bond acceptors (Lipinski definition) is 4. The quantitative estimate of drug-likeness (QED) is 0.741. The van der Waals surface area contributed by atoms with Crippen LogP contribution >= 0.6 is 0 Å². The van der Waals surface area contributed by atoms with Gasteiger partial charge in [-0.15, -0.1) is 0 Å². The second-order valence-corrected chi connectivity index (χ2v) is 7.08. The predicted molar refractivity (Wildman–Crippen MR) is 90.3 cm³/mol. The largest absolute Gasteiger partial charge is 0.324 e. The van der Waals surface area contributed by atoms with Gasteiger partial charge in [0, 0.05) is 0 Å². The Labute approximate surface area is 139 Å². The van der Waals surface area contributed by atoms with E-state index in [1.165, 1.54) is 18.2 Å². The second-order valence-electron chi connectivity index (χ2n) is 5.40. The van der Waals surface area contributed by atoms with Gasteiger partial charge in [-0.25, -0.2) is 8.42 Å². The van der Waals surface area contributed by atoms with Gasteiger partial charge in [-0.2, -0.15) is 0 Å². The number of benzene rings is 2. The molecule has 0 spiro atoms. The highest BCUT2D eigenvalue weighted by Gasteiger charge is 2.22. The molecular formula is C16H15N3O4S. The Morgan fingerprint density at radius 2 is 1.62 bits per heavy atom. The maximum atomic E-state index is 12.6. The molecule has 24 heavy (non-hydrogen) atoms. The van der Waals surface area contributed by atoms with Gasteiger partial charge >= 0.3 is 0 Å². The normalized spacial score (nSPS) is 14.2. The topological polar surface area (TPSA) is 104 Å². The van der Waals surface area contributed by atoms with Crippen molar-refractivity contribution in [3.8, 4) is 0 Å². The van der Waals surface area contributed by atoms with E-state index in [0.717, 1.165) is 5.56 Å². The van der Waals surface area contributed by atoms with Gasteiger partial charge in [-0.05, 0) is 36.8 Å². The van der Waals surface area contributed by atoms with E-state index in [9.17, 15) is 18.0 Å². The Morgan fingerprint density at radius 3 is 2.33 bits per heavy atom. The molecule has 0 aliphatic carbocycles. The van der Waals surface area contributed by atoms with Crippen molar-refractivity contribution in [2.75, 3.05) is 15.4 Å². The highest BCUT2D eigenvalue weighted by Crippen LogP contribution is 2.29. The third-order valence-electron chi connectivity index (χ3n) is 3.56. The average Bonchev–Trinajstić information content (AvgIpc) is 2.65. The minimum Gasteiger partial charge on any atom is -0.324 e. The Bertz CT molecular complexity index is 938. The number of para-hydroxylation sites is 1. The second kappa shape index (κ2) is 5.97. The zero-order chi connectivity index (χ0) is 17.3. The Hall–Kier alpha value is -2.87.